The van der Waals surface area contributed by atoms with Gasteiger partial charge in [-0.05, 0) is 87.3 Å². The number of hydrogen-bond acceptors (Lipinski definition) is 2. The van der Waals surface area contributed by atoms with E-state index in [-0.39, 0.29) is 0 Å². The summed E-state index contributed by atoms with van der Waals surface area (Å²) in [7, 11) is -1.70. The highest BCUT2D eigenvalue weighted by Crippen LogP contribution is 2.59. The van der Waals surface area contributed by atoms with Crippen LogP contribution in [0.1, 0.15) is 99.8 Å². The maximum atomic E-state index is 10.0. The largest absolute Gasteiger partial charge is 0.414 e. The van der Waals surface area contributed by atoms with Gasteiger partial charge in [-0.1, -0.05) is 53.9 Å². The zero-order chi connectivity index (χ0) is 20.7. The van der Waals surface area contributed by atoms with Crippen molar-refractivity contribution in [1.29, 1.82) is 0 Å². The van der Waals surface area contributed by atoms with Crippen LogP contribution in [0.2, 0.25) is 18.1 Å². The molecule has 0 radical (unpaired) electrons. The number of rotatable bonds is 7. The molecule has 0 bridgehead atoms. The first kappa shape index (κ1) is 23.4. The molecule has 0 aliphatic heterocycles. The van der Waals surface area contributed by atoms with Crippen molar-refractivity contribution >= 4 is 8.32 Å². The summed E-state index contributed by atoms with van der Waals surface area (Å²) < 4.78 is 6.98. The minimum Gasteiger partial charge on any atom is -0.414 e. The van der Waals surface area contributed by atoms with Gasteiger partial charge in [-0.2, -0.15) is 0 Å². The standard InChI is InChI=1S/C24H48O2Si/c1-18(12-10-16-23(5,6)25)19-14-15-20-21(13-11-17-24(19,20)7)26-27(8,9)22(2,3)4/h18-21,25H,10-17H2,1-9H3/t18-,19+,20-,21-,24+/m0/s1. The van der Waals surface area contributed by atoms with Crippen LogP contribution in [0, 0.1) is 23.2 Å². The van der Waals surface area contributed by atoms with Crippen molar-refractivity contribution in [2.45, 2.75) is 130 Å². The van der Waals surface area contributed by atoms with Gasteiger partial charge in [0.05, 0.1) is 5.60 Å². The first-order chi connectivity index (χ1) is 12.2. The number of hydrogen-bond donors (Lipinski definition) is 1. The lowest BCUT2D eigenvalue weighted by atomic mass is 9.61. The minimum absolute atomic E-state index is 0.295. The lowest BCUT2D eigenvalue weighted by molar-refractivity contribution is -0.0219. The van der Waals surface area contributed by atoms with Gasteiger partial charge in [-0.15, -0.1) is 0 Å². The van der Waals surface area contributed by atoms with E-state index in [1.807, 2.05) is 13.8 Å². The fraction of sp³-hybridized carbons (Fsp3) is 1.00. The third kappa shape index (κ3) is 5.39. The Kier molecular flexibility index (Phi) is 7.03. The van der Waals surface area contributed by atoms with E-state index < -0.39 is 13.9 Å². The van der Waals surface area contributed by atoms with Gasteiger partial charge >= 0.3 is 0 Å². The van der Waals surface area contributed by atoms with Crippen LogP contribution in [0.5, 0.6) is 0 Å². The van der Waals surface area contributed by atoms with E-state index in [0.29, 0.717) is 16.6 Å². The maximum absolute atomic E-state index is 10.0. The summed E-state index contributed by atoms with van der Waals surface area (Å²) in [6, 6.07) is 0. The topological polar surface area (TPSA) is 29.5 Å². The van der Waals surface area contributed by atoms with E-state index in [4.69, 9.17) is 4.43 Å². The lowest BCUT2D eigenvalue weighted by Crippen LogP contribution is -2.50. The van der Waals surface area contributed by atoms with Crippen LogP contribution in [0.25, 0.3) is 0 Å². The van der Waals surface area contributed by atoms with Gasteiger partial charge < -0.3 is 9.53 Å². The normalized spacial score (nSPS) is 33.8. The molecule has 2 rings (SSSR count). The molecule has 0 aromatic carbocycles. The summed E-state index contributed by atoms with van der Waals surface area (Å²) in [5.74, 6) is 2.34. The quantitative estimate of drug-likeness (QED) is 0.462. The number of aliphatic hydroxyl groups is 1. The molecule has 0 aromatic heterocycles. The second-order valence-electron chi connectivity index (χ2n) is 12.3. The fourth-order valence-electron chi connectivity index (χ4n) is 5.85. The van der Waals surface area contributed by atoms with Gasteiger partial charge in [-0.3, -0.25) is 0 Å². The van der Waals surface area contributed by atoms with Gasteiger partial charge in [0.2, 0.25) is 0 Å². The maximum Gasteiger partial charge on any atom is 0.192 e. The van der Waals surface area contributed by atoms with E-state index >= 15 is 0 Å². The molecule has 2 nitrogen and oxygen atoms in total. The van der Waals surface area contributed by atoms with E-state index in [9.17, 15) is 5.11 Å². The van der Waals surface area contributed by atoms with E-state index in [1.54, 1.807) is 0 Å². The molecule has 2 aliphatic carbocycles. The second-order valence-corrected chi connectivity index (χ2v) is 17.0. The smallest absolute Gasteiger partial charge is 0.192 e. The highest BCUT2D eigenvalue weighted by atomic mass is 28.4. The zero-order valence-electron chi connectivity index (χ0n) is 19.8. The molecule has 2 saturated carbocycles. The summed E-state index contributed by atoms with van der Waals surface area (Å²) in [5.41, 5.74) is -0.0613. The highest BCUT2D eigenvalue weighted by Gasteiger charge is 2.54. The Balaban J connectivity index is 2.04. The van der Waals surface area contributed by atoms with Gasteiger partial charge in [0.15, 0.2) is 8.32 Å². The molecular weight excluding hydrogens is 348 g/mol. The van der Waals surface area contributed by atoms with Crippen LogP contribution in [-0.4, -0.2) is 25.1 Å². The van der Waals surface area contributed by atoms with Crippen molar-refractivity contribution < 1.29 is 9.53 Å². The van der Waals surface area contributed by atoms with Gasteiger partial charge in [0, 0.05) is 6.10 Å². The molecule has 0 amide bonds. The van der Waals surface area contributed by atoms with Gasteiger partial charge in [0.1, 0.15) is 0 Å². The van der Waals surface area contributed by atoms with Crippen molar-refractivity contribution in [1.82, 2.24) is 0 Å². The molecule has 0 heterocycles. The molecule has 3 heteroatoms. The summed E-state index contributed by atoms with van der Waals surface area (Å²) in [5, 5.41) is 10.3. The Morgan fingerprint density at radius 1 is 1.11 bits per heavy atom. The zero-order valence-corrected chi connectivity index (χ0v) is 20.8. The molecular formula is C24H48O2Si. The highest BCUT2D eigenvalue weighted by molar-refractivity contribution is 6.74. The van der Waals surface area contributed by atoms with E-state index in [2.05, 4.69) is 47.7 Å². The van der Waals surface area contributed by atoms with Gasteiger partial charge in [0.25, 0.3) is 0 Å². The Labute approximate surface area is 171 Å². The van der Waals surface area contributed by atoms with E-state index in [0.717, 1.165) is 30.6 Å². The van der Waals surface area contributed by atoms with Crippen LogP contribution in [0.3, 0.4) is 0 Å². The minimum atomic E-state index is -1.70. The first-order valence-corrected chi connectivity index (χ1v) is 14.5. The molecule has 160 valence electrons. The van der Waals surface area contributed by atoms with Crippen LogP contribution >= 0.6 is 0 Å². The van der Waals surface area contributed by atoms with Gasteiger partial charge in [-0.25, -0.2) is 0 Å². The monoisotopic (exact) mass is 396 g/mol. The van der Waals surface area contributed by atoms with Crippen molar-refractivity contribution in [3.63, 3.8) is 0 Å². The second kappa shape index (κ2) is 8.11. The predicted molar refractivity (Wildman–Crippen MR) is 120 cm³/mol. The fourth-order valence-corrected chi connectivity index (χ4v) is 7.24. The summed E-state index contributed by atoms with van der Waals surface area (Å²) in [6.45, 7) is 20.9. The molecule has 0 aromatic rings. The van der Waals surface area contributed by atoms with E-state index in [1.165, 1.54) is 38.5 Å². The molecule has 2 aliphatic rings. The lowest BCUT2D eigenvalue weighted by Gasteiger charge is -2.50. The molecule has 27 heavy (non-hydrogen) atoms. The van der Waals surface area contributed by atoms with Crippen molar-refractivity contribution in [3.05, 3.63) is 0 Å². The molecule has 0 saturated heterocycles. The molecule has 0 unspecified atom stereocenters. The summed E-state index contributed by atoms with van der Waals surface area (Å²) in [6.07, 6.45) is 10.5. The third-order valence-corrected chi connectivity index (χ3v) is 13.0. The van der Waals surface area contributed by atoms with Crippen molar-refractivity contribution in [2.24, 2.45) is 23.2 Å². The van der Waals surface area contributed by atoms with Crippen LogP contribution < -0.4 is 0 Å². The average molecular weight is 397 g/mol. The Morgan fingerprint density at radius 3 is 2.30 bits per heavy atom. The van der Waals surface area contributed by atoms with Crippen LogP contribution in [0.15, 0.2) is 0 Å². The SMILES string of the molecule is C[C@@H](CCCC(C)(C)O)[C@H]1CC[C@H]2[C@@H](O[Si](C)(C)C(C)(C)C)CCC[C@]12C. The summed E-state index contributed by atoms with van der Waals surface area (Å²) >= 11 is 0. The Bertz CT molecular complexity index is 488. The summed E-state index contributed by atoms with van der Waals surface area (Å²) in [4.78, 5) is 0. The molecule has 1 N–H and O–H groups in total. The van der Waals surface area contributed by atoms with Crippen LogP contribution in [-0.2, 0) is 4.43 Å². The van der Waals surface area contributed by atoms with Crippen molar-refractivity contribution in [3.8, 4) is 0 Å². The molecule has 5 atom stereocenters. The predicted octanol–water partition coefficient (Wildman–Crippen LogP) is 7.17. The Morgan fingerprint density at radius 2 is 1.74 bits per heavy atom. The third-order valence-electron chi connectivity index (χ3n) is 8.52. The first-order valence-electron chi connectivity index (χ1n) is 11.6. The molecule has 2 fully saturated rings. The van der Waals surface area contributed by atoms with Crippen molar-refractivity contribution in [2.75, 3.05) is 0 Å². The Hall–Kier alpha value is 0.137. The average Bonchev–Trinajstić information content (AvgIpc) is 2.82. The molecule has 0 spiro atoms. The van der Waals surface area contributed by atoms with Crippen LogP contribution in [0.4, 0.5) is 0 Å². The number of fused-ring (bicyclic) bond motifs is 1.